The second-order valence-corrected chi connectivity index (χ2v) is 9.11. The van der Waals surface area contributed by atoms with Crippen LogP contribution in [0, 0.1) is 5.13 Å². The van der Waals surface area contributed by atoms with Gasteiger partial charge in [-0.2, -0.15) is 9.49 Å². The Morgan fingerprint density at radius 3 is 2.70 bits per heavy atom. The summed E-state index contributed by atoms with van der Waals surface area (Å²) < 4.78 is 19.7. The first-order chi connectivity index (χ1) is 16.2. The van der Waals surface area contributed by atoms with Gasteiger partial charge in [0.15, 0.2) is 5.13 Å². The molecule has 6 heterocycles. The molecule has 5 aromatic heterocycles. The number of rotatable bonds is 5. The Bertz CT molecular complexity index is 1420. The van der Waals surface area contributed by atoms with Gasteiger partial charge in [0.1, 0.15) is 17.5 Å². The van der Waals surface area contributed by atoms with Crippen molar-refractivity contribution in [3.63, 3.8) is 0 Å². The largest absolute Gasteiger partial charge is 0.489 e. The molecule has 1 fully saturated rings. The molecule has 0 unspecified atom stereocenters. The molecule has 0 amide bonds. The van der Waals surface area contributed by atoms with Crippen LogP contribution < -0.4 is 10.1 Å². The number of piperidine rings is 1. The summed E-state index contributed by atoms with van der Waals surface area (Å²) in [5, 5.41) is 11.7. The summed E-state index contributed by atoms with van der Waals surface area (Å²) in [5.74, 6) is 0.764. The Hall–Kier alpha value is -3.56. The van der Waals surface area contributed by atoms with Gasteiger partial charge in [-0.3, -0.25) is 15.1 Å². The van der Waals surface area contributed by atoms with E-state index in [1.807, 2.05) is 18.2 Å². The van der Waals surface area contributed by atoms with E-state index < -0.39 is 0 Å². The predicted octanol–water partition coefficient (Wildman–Crippen LogP) is 5.01. The van der Waals surface area contributed by atoms with Gasteiger partial charge in [0.2, 0.25) is 0 Å². The van der Waals surface area contributed by atoms with E-state index in [1.165, 1.54) is 6.07 Å². The lowest BCUT2D eigenvalue weighted by Gasteiger charge is -2.23. The first-order valence-corrected chi connectivity index (χ1v) is 11.7. The average Bonchev–Trinajstić information content (AvgIpc) is 3.59. The Labute approximate surface area is 193 Å². The molecule has 0 spiro atoms. The van der Waals surface area contributed by atoms with Crippen LogP contribution in [0.1, 0.15) is 12.8 Å². The molecule has 9 heteroatoms. The number of fused-ring (bicyclic) bond motifs is 1. The number of hydrogen-bond donors (Lipinski definition) is 3. The van der Waals surface area contributed by atoms with E-state index in [0.717, 1.165) is 87.0 Å². The number of nitrogens with one attached hydrogen (secondary N) is 3. The van der Waals surface area contributed by atoms with Gasteiger partial charge in [0.25, 0.3) is 0 Å². The first-order valence-electron chi connectivity index (χ1n) is 10.8. The average molecular weight is 461 g/mol. The summed E-state index contributed by atoms with van der Waals surface area (Å²) in [5.41, 5.74) is 5.16. The van der Waals surface area contributed by atoms with E-state index in [9.17, 15) is 4.39 Å². The number of ether oxygens (including phenoxy) is 1. The van der Waals surface area contributed by atoms with Gasteiger partial charge >= 0.3 is 0 Å². The van der Waals surface area contributed by atoms with Crippen LogP contribution in [0.3, 0.4) is 0 Å². The molecule has 1 saturated heterocycles. The van der Waals surface area contributed by atoms with Gasteiger partial charge in [0.05, 0.1) is 29.3 Å². The molecule has 0 radical (unpaired) electrons. The van der Waals surface area contributed by atoms with Gasteiger partial charge in [-0.25, -0.2) is 0 Å². The van der Waals surface area contributed by atoms with Gasteiger partial charge in [-0.15, -0.1) is 11.3 Å². The molecular formula is C24H21FN6OS. The molecule has 0 bridgehead atoms. The topological polar surface area (TPSA) is 91.5 Å². The molecular weight excluding hydrogens is 439 g/mol. The third kappa shape index (κ3) is 4.01. The number of aromatic amines is 2. The van der Waals surface area contributed by atoms with Crippen LogP contribution in [0.15, 0.2) is 55.1 Å². The normalized spacial score (nSPS) is 14.7. The molecule has 5 aromatic rings. The van der Waals surface area contributed by atoms with Crippen molar-refractivity contribution in [3.05, 3.63) is 60.3 Å². The fourth-order valence-electron chi connectivity index (χ4n) is 4.19. The van der Waals surface area contributed by atoms with E-state index in [0.29, 0.717) is 0 Å². The van der Waals surface area contributed by atoms with Crippen molar-refractivity contribution in [2.24, 2.45) is 0 Å². The highest BCUT2D eigenvalue weighted by Crippen LogP contribution is 2.35. The van der Waals surface area contributed by atoms with Gasteiger partial charge < -0.3 is 15.0 Å². The van der Waals surface area contributed by atoms with Crippen molar-refractivity contribution in [1.29, 1.82) is 0 Å². The first kappa shape index (κ1) is 20.1. The Morgan fingerprint density at radius 1 is 0.970 bits per heavy atom. The SMILES string of the molecule is Fc1ccc(-c2cncc3[nH]c(-c4cc(-c5cncc(OC6CCNCC6)c5)[nH]n4)cc23)s1. The molecule has 0 saturated carbocycles. The highest BCUT2D eigenvalue weighted by atomic mass is 32.1. The Morgan fingerprint density at radius 2 is 1.85 bits per heavy atom. The summed E-state index contributed by atoms with van der Waals surface area (Å²) in [4.78, 5) is 12.9. The monoisotopic (exact) mass is 460 g/mol. The van der Waals surface area contributed by atoms with Crippen molar-refractivity contribution in [2.45, 2.75) is 18.9 Å². The van der Waals surface area contributed by atoms with Crippen molar-refractivity contribution >= 4 is 22.2 Å². The third-order valence-electron chi connectivity index (χ3n) is 5.85. The molecule has 1 aliphatic rings. The summed E-state index contributed by atoms with van der Waals surface area (Å²) >= 11 is 1.11. The van der Waals surface area contributed by atoms with Crippen molar-refractivity contribution in [3.8, 4) is 38.8 Å². The number of aromatic nitrogens is 5. The minimum Gasteiger partial charge on any atom is -0.489 e. The van der Waals surface area contributed by atoms with Crippen LogP contribution in [0.2, 0.25) is 0 Å². The molecule has 0 aromatic carbocycles. The van der Waals surface area contributed by atoms with Crippen LogP contribution in [0.25, 0.3) is 44.0 Å². The van der Waals surface area contributed by atoms with Crippen LogP contribution in [-0.2, 0) is 0 Å². The zero-order valence-corrected chi connectivity index (χ0v) is 18.5. The standard InChI is InChI=1S/C24H21FN6OS/c25-24-2-1-23(33-24)18-12-28-13-22-17(18)8-20(29-22)21-9-19(30-31-21)14-7-16(11-27-10-14)32-15-3-5-26-6-4-15/h1-2,7-13,15,26,29H,3-6H2,(H,30,31). The lowest BCUT2D eigenvalue weighted by molar-refractivity contribution is 0.162. The maximum atomic E-state index is 13.6. The number of nitrogens with zero attached hydrogens (tertiary/aromatic N) is 3. The smallest absolute Gasteiger partial charge is 0.176 e. The number of halogens is 1. The minimum absolute atomic E-state index is 0.213. The van der Waals surface area contributed by atoms with Gasteiger partial charge in [-0.05, 0) is 56.3 Å². The Kier molecular flexibility index (Phi) is 5.12. The number of pyridine rings is 2. The second-order valence-electron chi connectivity index (χ2n) is 8.08. The zero-order chi connectivity index (χ0) is 22.2. The molecule has 33 heavy (non-hydrogen) atoms. The Balaban J connectivity index is 1.29. The minimum atomic E-state index is -0.213. The van der Waals surface area contributed by atoms with E-state index in [1.54, 1.807) is 30.9 Å². The van der Waals surface area contributed by atoms with E-state index in [4.69, 9.17) is 4.74 Å². The quantitative estimate of drug-likeness (QED) is 0.343. The van der Waals surface area contributed by atoms with E-state index in [2.05, 4.69) is 30.5 Å². The van der Waals surface area contributed by atoms with E-state index in [-0.39, 0.29) is 11.2 Å². The molecule has 166 valence electrons. The molecule has 3 N–H and O–H groups in total. The fraction of sp³-hybridized carbons (Fsp3) is 0.208. The lowest BCUT2D eigenvalue weighted by atomic mass is 10.1. The second kappa shape index (κ2) is 8.42. The predicted molar refractivity (Wildman–Crippen MR) is 127 cm³/mol. The summed E-state index contributed by atoms with van der Waals surface area (Å²) in [6, 6.07) is 9.25. The van der Waals surface area contributed by atoms with Crippen LogP contribution in [0.4, 0.5) is 4.39 Å². The van der Waals surface area contributed by atoms with Crippen LogP contribution in [-0.4, -0.2) is 44.3 Å². The number of H-pyrrole nitrogens is 2. The molecule has 1 aliphatic heterocycles. The maximum Gasteiger partial charge on any atom is 0.176 e. The van der Waals surface area contributed by atoms with Crippen LogP contribution in [0.5, 0.6) is 5.75 Å². The van der Waals surface area contributed by atoms with Crippen LogP contribution >= 0.6 is 11.3 Å². The van der Waals surface area contributed by atoms with Crippen molar-refractivity contribution in [2.75, 3.05) is 13.1 Å². The van der Waals surface area contributed by atoms with E-state index >= 15 is 0 Å². The molecule has 6 rings (SSSR count). The summed E-state index contributed by atoms with van der Waals surface area (Å²) in [6.45, 7) is 1.95. The summed E-state index contributed by atoms with van der Waals surface area (Å²) in [7, 11) is 0. The number of hydrogen-bond acceptors (Lipinski definition) is 6. The molecule has 7 nitrogen and oxygen atoms in total. The van der Waals surface area contributed by atoms with Gasteiger partial charge in [0, 0.05) is 33.8 Å². The fourth-order valence-corrected chi connectivity index (χ4v) is 4.94. The van der Waals surface area contributed by atoms with Crippen molar-refractivity contribution in [1.82, 2.24) is 30.5 Å². The number of thiophene rings is 1. The highest BCUT2D eigenvalue weighted by molar-refractivity contribution is 7.14. The van der Waals surface area contributed by atoms with Crippen molar-refractivity contribution < 1.29 is 9.13 Å². The molecule has 0 aliphatic carbocycles. The third-order valence-corrected chi connectivity index (χ3v) is 6.76. The molecule has 0 atom stereocenters. The zero-order valence-electron chi connectivity index (χ0n) is 17.6. The maximum absolute atomic E-state index is 13.6. The highest BCUT2D eigenvalue weighted by Gasteiger charge is 2.16. The summed E-state index contributed by atoms with van der Waals surface area (Å²) in [6.07, 6.45) is 9.29. The van der Waals surface area contributed by atoms with Gasteiger partial charge in [-0.1, -0.05) is 0 Å². The lowest BCUT2D eigenvalue weighted by Crippen LogP contribution is -2.34.